The van der Waals surface area contributed by atoms with Crippen molar-refractivity contribution in [2.45, 2.75) is 53.4 Å². The zero-order valence-electron chi connectivity index (χ0n) is 13.2. The maximum absolute atomic E-state index is 12.2. The van der Waals surface area contributed by atoms with E-state index in [1.54, 1.807) is 0 Å². The molecule has 4 heteroatoms. The number of carbonyl (C=O) groups excluding carboxylic acids is 1. The molecule has 0 radical (unpaired) electrons. The molecule has 0 aromatic heterocycles. The zero-order valence-corrected chi connectivity index (χ0v) is 13.2. The highest BCUT2D eigenvalue weighted by Gasteiger charge is 2.30. The maximum atomic E-state index is 12.2. The first-order chi connectivity index (χ1) is 9.32. The predicted molar refractivity (Wildman–Crippen MR) is 79.3 cm³/mol. The lowest BCUT2D eigenvalue weighted by atomic mass is 9.81. The molecule has 1 saturated carbocycles. The Labute approximate surface area is 122 Å². The third-order valence-electron chi connectivity index (χ3n) is 4.67. The Morgan fingerprint density at radius 2 is 1.45 bits per heavy atom. The standard InChI is InChI=1S/C16H29NO3/c1-10(2)14(11(3)4)9-17-15(18)12-5-7-13(8-6-12)16(19)20/h10-14H,5-9H2,1-4H3,(H,17,18)(H,19,20). The Kier molecular flexibility index (Phi) is 6.50. The SMILES string of the molecule is CC(C)C(CNC(=O)C1CCC(C(=O)O)CC1)C(C)C. The number of rotatable bonds is 6. The van der Waals surface area contributed by atoms with Gasteiger partial charge in [-0.1, -0.05) is 27.7 Å². The van der Waals surface area contributed by atoms with E-state index in [2.05, 4.69) is 33.0 Å². The van der Waals surface area contributed by atoms with Gasteiger partial charge in [-0.2, -0.15) is 0 Å². The number of hydrogen-bond acceptors (Lipinski definition) is 2. The van der Waals surface area contributed by atoms with E-state index >= 15 is 0 Å². The molecule has 1 fully saturated rings. The second kappa shape index (κ2) is 7.65. The lowest BCUT2D eigenvalue weighted by molar-refractivity contribution is -0.144. The highest BCUT2D eigenvalue weighted by molar-refractivity contribution is 5.79. The number of carboxylic acids is 1. The molecule has 0 aromatic carbocycles. The van der Waals surface area contributed by atoms with Crippen molar-refractivity contribution >= 4 is 11.9 Å². The lowest BCUT2D eigenvalue weighted by Gasteiger charge is -2.28. The van der Waals surface area contributed by atoms with Gasteiger partial charge in [-0.3, -0.25) is 9.59 Å². The summed E-state index contributed by atoms with van der Waals surface area (Å²) in [5.74, 6) is 0.748. The minimum absolute atomic E-state index is 0.00516. The second-order valence-electron chi connectivity index (χ2n) is 6.78. The fourth-order valence-electron chi connectivity index (χ4n) is 3.21. The van der Waals surface area contributed by atoms with Gasteiger partial charge in [0.05, 0.1) is 5.92 Å². The van der Waals surface area contributed by atoms with Gasteiger partial charge in [0.2, 0.25) is 5.91 Å². The molecule has 0 aromatic rings. The van der Waals surface area contributed by atoms with Crippen molar-refractivity contribution < 1.29 is 14.7 Å². The average Bonchev–Trinajstić information content (AvgIpc) is 2.38. The molecule has 1 aliphatic rings. The number of amides is 1. The van der Waals surface area contributed by atoms with Gasteiger partial charge in [-0.05, 0) is 43.4 Å². The number of carboxylic acid groups (broad SMARTS) is 1. The van der Waals surface area contributed by atoms with Gasteiger partial charge in [-0.15, -0.1) is 0 Å². The first kappa shape index (κ1) is 17.0. The number of hydrogen-bond donors (Lipinski definition) is 2. The van der Waals surface area contributed by atoms with Crippen LogP contribution in [0, 0.1) is 29.6 Å². The molecule has 0 heterocycles. The maximum Gasteiger partial charge on any atom is 0.306 e. The molecular weight excluding hydrogens is 254 g/mol. The van der Waals surface area contributed by atoms with Crippen LogP contribution in [0.25, 0.3) is 0 Å². The fraction of sp³-hybridized carbons (Fsp3) is 0.875. The summed E-state index contributed by atoms with van der Waals surface area (Å²) in [6, 6.07) is 0. The summed E-state index contributed by atoms with van der Waals surface area (Å²) in [6.07, 6.45) is 2.67. The molecule has 0 atom stereocenters. The molecule has 1 aliphatic carbocycles. The minimum atomic E-state index is -0.719. The van der Waals surface area contributed by atoms with E-state index in [1.807, 2.05) is 0 Å². The van der Waals surface area contributed by atoms with Crippen LogP contribution in [0.5, 0.6) is 0 Å². The third kappa shape index (κ3) is 4.80. The summed E-state index contributed by atoms with van der Waals surface area (Å²) in [5.41, 5.74) is 0. The van der Waals surface area contributed by atoms with Gasteiger partial charge in [-0.25, -0.2) is 0 Å². The summed E-state index contributed by atoms with van der Waals surface area (Å²) in [6.45, 7) is 9.49. The summed E-state index contributed by atoms with van der Waals surface area (Å²) in [5, 5.41) is 12.0. The molecule has 0 bridgehead atoms. The molecule has 0 saturated heterocycles. The van der Waals surface area contributed by atoms with E-state index in [-0.39, 0.29) is 17.7 Å². The molecule has 20 heavy (non-hydrogen) atoms. The summed E-state index contributed by atoms with van der Waals surface area (Å²) in [4.78, 5) is 23.1. The number of nitrogens with one attached hydrogen (secondary N) is 1. The van der Waals surface area contributed by atoms with Gasteiger partial charge >= 0.3 is 5.97 Å². The summed E-state index contributed by atoms with van der Waals surface area (Å²) >= 11 is 0. The predicted octanol–water partition coefficient (Wildman–Crippen LogP) is 2.92. The van der Waals surface area contributed by atoms with Crippen molar-refractivity contribution in [3.8, 4) is 0 Å². The Morgan fingerprint density at radius 3 is 1.85 bits per heavy atom. The van der Waals surface area contributed by atoms with Crippen LogP contribution in [0.15, 0.2) is 0 Å². The Hall–Kier alpha value is -1.06. The van der Waals surface area contributed by atoms with E-state index in [4.69, 9.17) is 5.11 Å². The molecular formula is C16H29NO3. The van der Waals surface area contributed by atoms with Crippen LogP contribution in [0.2, 0.25) is 0 Å². The first-order valence-electron chi connectivity index (χ1n) is 7.83. The van der Waals surface area contributed by atoms with Crippen molar-refractivity contribution in [3.63, 3.8) is 0 Å². The van der Waals surface area contributed by atoms with Gasteiger partial charge in [0.1, 0.15) is 0 Å². The van der Waals surface area contributed by atoms with Crippen molar-refractivity contribution in [3.05, 3.63) is 0 Å². The van der Waals surface area contributed by atoms with E-state index in [0.29, 0.717) is 43.4 Å². The van der Waals surface area contributed by atoms with Crippen LogP contribution >= 0.6 is 0 Å². The smallest absolute Gasteiger partial charge is 0.306 e. The largest absolute Gasteiger partial charge is 0.481 e. The van der Waals surface area contributed by atoms with Crippen LogP contribution in [-0.4, -0.2) is 23.5 Å². The van der Waals surface area contributed by atoms with Gasteiger partial charge in [0.25, 0.3) is 0 Å². The van der Waals surface area contributed by atoms with Crippen molar-refractivity contribution in [2.75, 3.05) is 6.54 Å². The molecule has 1 rings (SSSR count). The van der Waals surface area contributed by atoms with E-state index in [0.717, 1.165) is 6.54 Å². The monoisotopic (exact) mass is 283 g/mol. The average molecular weight is 283 g/mol. The van der Waals surface area contributed by atoms with Crippen LogP contribution in [0.4, 0.5) is 0 Å². The third-order valence-corrected chi connectivity index (χ3v) is 4.67. The number of carbonyl (C=O) groups is 2. The Balaban J connectivity index is 2.39. The first-order valence-corrected chi connectivity index (χ1v) is 7.83. The fourth-order valence-corrected chi connectivity index (χ4v) is 3.21. The van der Waals surface area contributed by atoms with Crippen LogP contribution in [0.1, 0.15) is 53.4 Å². The zero-order chi connectivity index (χ0) is 15.3. The quantitative estimate of drug-likeness (QED) is 0.787. The molecule has 116 valence electrons. The lowest BCUT2D eigenvalue weighted by Crippen LogP contribution is -2.39. The molecule has 2 N–H and O–H groups in total. The van der Waals surface area contributed by atoms with Crippen LogP contribution in [-0.2, 0) is 9.59 Å². The molecule has 4 nitrogen and oxygen atoms in total. The van der Waals surface area contributed by atoms with Crippen LogP contribution < -0.4 is 5.32 Å². The number of aliphatic carboxylic acids is 1. The second-order valence-corrected chi connectivity index (χ2v) is 6.78. The van der Waals surface area contributed by atoms with Gasteiger partial charge in [0, 0.05) is 12.5 Å². The summed E-state index contributed by atoms with van der Waals surface area (Å²) in [7, 11) is 0. The highest BCUT2D eigenvalue weighted by Crippen LogP contribution is 2.29. The van der Waals surface area contributed by atoms with E-state index < -0.39 is 5.97 Å². The Morgan fingerprint density at radius 1 is 1.00 bits per heavy atom. The minimum Gasteiger partial charge on any atom is -0.481 e. The van der Waals surface area contributed by atoms with Gasteiger partial charge in [0.15, 0.2) is 0 Å². The topological polar surface area (TPSA) is 66.4 Å². The van der Waals surface area contributed by atoms with E-state index in [9.17, 15) is 9.59 Å². The van der Waals surface area contributed by atoms with Crippen molar-refractivity contribution in [2.24, 2.45) is 29.6 Å². The normalized spacial score (nSPS) is 23.4. The summed E-state index contributed by atoms with van der Waals surface area (Å²) < 4.78 is 0. The van der Waals surface area contributed by atoms with Crippen LogP contribution in [0.3, 0.4) is 0 Å². The van der Waals surface area contributed by atoms with Crippen molar-refractivity contribution in [1.82, 2.24) is 5.32 Å². The Bertz CT molecular complexity index is 323. The van der Waals surface area contributed by atoms with Crippen molar-refractivity contribution in [1.29, 1.82) is 0 Å². The molecule has 1 amide bonds. The van der Waals surface area contributed by atoms with Gasteiger partial charge < -0.3 is 10.4 Å². The van der Waals surface area contributed by atoms with E-state index in [1.165, 1.54) is 0 Å². The molecule has 0 unspecified atom stereocenters. The molecule has 0 spiro atoms. The highest BCUT2D eigenvalue weighted by atomic mass is 16.4. The molecule has 0 aliphatic heterocycles.